The number of halogens is 2. The van der Waals surface area contributed by atoms with Crippen molar-refractivity contribution in [3.63, 3.8) is 0 Å². The van der Waals surface area contributed by atoms with E-state index in [2.05, 4.69) is 4.90 Å². The predicted molar refractivity (Wildman–Crippen MR) is 113 cm³/mol. The molecular weight excluding hydrogens is 386 g/mol. The van der Waals surface area contributed by atoms with Crippen LogP contribution in [0.4, 0.5) is 25.0 Å². The number of hydrogen-bond donors (Lipinski definition) is 0. The van der Waals surface area contributed by atoms with Crippen molar-refractivity contribution in [1.82, 2.24) is 4.90 Å². The van der Waals surface area contributed by atoms with E-state index in [1.54, 1.807) is 29.2 Å². The van der Waals surface area contributed by atoms with E-state index in [9.17, 15) is 13.6 Å². The van der Waals surface area contributed by atoms with Gasteiger partial charge in [0.25, 0.3) is 0 Å². The first-order valence-electron chi connectivity index (χ1n) is 10.2. The Morgan fingerprint density at radius 3 is 2.10 bits per heavy atom. The molecule has 0 saturated heterocycles. The summed E-state index contributed by atoms with van der Waals surface area (Å²) in [7, 11) is 0. The second-order valence-electron chi connectivity index (χ2n) is 8.80. The van der Waals surface area contributed by atoms with Crippen molar-refractivity contribution in [2.75, 3.05) is 18.0 Å². The minimum Gasteiger partial charge on any atom is -0.444 e. The van der Waals surface area contributed by atoms with E-state index in [0.29, 0.717) is 25.9 Å². The smallest absolute Gasteiger partial charge is 0.410 e. The average molecular weight is 412 g/mol. The third-order valence-corrected chi connectivity index (χ3v) is 5.34. The maximum absolute atomic E-state index is 14.0. The van der Waals surface area contributed by atoms with Crippen molar-refractivity contribution in [2.24, 2.45) is 0 Å². The maximum atomic E-state index is 14.0. The van der Waals surface area contributed by atoms with Gasteiger partial charge in [0.05, 0.1) is 6.04 Å². The molecule has 0 spiro atoms. The fraction of sp³-hybridized carbons (Fsp3) is 0.375. The zero-order valence-electron chi connectivity index (χ0n) is 17.5. The van der Waals surface area contributed by atoms with E-state index >= 15 is 0 Å². The first-order chi connectivity index (χ1) is 14.2. The van der Waals surface area contributed by atoms with Crippen LogP contribution in [0.3, 0.4) is 0 Å². The Morgan fingerprint density at radius 2 is 1.57 bits per heavy atom. The van der Waals surface area contributed by atoms with Crippen LogP contribution >= 0.6 is 0 Å². The lowest BCUT2D eigenvalue weighted by molar-refractivity contribution is 0.0260. The molecule has 30 heavy (non-hydrogen) atoms. The van der Waals surface area contributed by atoms with E-state index in [1.165, 1.54) is 12.1 Å². The lowest BCUT2D eigenvalue weighted by Gasteiger charge is -2.38. The van der Waals surface area contributed by atoms with Gasteiger partial charge in [-0.1, -0.05) is 12.2 Å². The van der Waals surface area contributed by atoms with E-state index in [4.69, 9.17) is 4.74 Å². The monoisotopic (exact) mass is 412 g/mol. The number of ether oxygens (including phenoxy) is 1. The SMILES string of the molecule is CC(C)(C)OC(=O)N1CC=CC(N2c3ccc(F)cc3CCc3cc(F)ccc32)C1. The standard InChI is InChI=1S/C24H26F2N2O2/c1-24(2,3)30-23(29)27-12-4-5-20(15-27)28-21-10-8-18(25)13-16(21)6-7-17-14-19(26)9-11-22(17)28/h4-5,8-11,13-14,20H,6-7,12,15H2,1-3H3. The van der Waals surface area contributed by atoms with E-state index in [-0.39, 0.29) is 23.8 Å². The van der Waals surface area contributed by atoms with Crippen LogP contribution in [0, 0.1) is 11.6 Å². The number of benzene rings is 2. The Morgan fingerprint density at radius 1 is 1.00 bits per heavy atom. The van der Waals surface area contributed by atoms with Gasteiger partial charge in [0, 0.05) is 24.5 Å². The zero-order valence-corrected chi connectivity index (χ0v) is 17.5. The molecule has 2 aromatic carbocycles. The van der Waals surface area contributed by atoms with Crippen molar-refractivity contribution in [3.8, 4) is 0 Å². The Balaban J connectivity index is 1.73. The molecule has 2 aromatic rings. The molecule has 0 bridgehead atoms. The first kappa shape index (κ1) is 20.4. The van der Waals surface area contributed by atoms with E-state index in [1.807, 2.05) is 32.9 Å². The Bertz CT molecular complexity index is 944. The minimum atomic E-state index is -0.579. The van der Waals surface area contributed by atoms with Gasteiger partial charge in [-0.05, 0) is 81.1 Å². The van der Waals surface area contributed by atoms with Gasteiger partial charge in [-0.15, -0.1) is 0 Å². The molecule has 4 nitrogen and oxygen atoms in total. The van der Waals surface area contributed by atoms with Crippen LogP contribution in [-0.2, 0) is 17.6 Å². The van der Waals surface area contributed by atoms with Crippen LogP contribution in [0.15, 0.2) is 48.6 Å². The van der Waals surface area contributed by atoms with Crippen molar-refractivity contribution in [3.05, 3.63) is 71.3 Å². The lowest BCUT2D eigenvalue weighted by atomic mass is 10.0. The summed E-state index contributed by atoms with van der Waals surface area (Å²) in [4.78, 5) is 16.4. The van der Waals surface area contributed by atoms with Gasteiger partial charge in [0.15, 0.2) is 0 Å². The number of hydrogen-bond acceptors (Lipinski definition) is 3. The number of rotatable bonds is 1. The zero-order chi connectivity index (χ0) is 21.5. The Kier molecular flexibility index (Phi) is 5.26. The third kappa shape index (κ3) is 4.18. The van der Waals surface area contributed by atoms with Gasteiger partial charge in [-0.25, -0.2) is 13.6 Å². The second kappa shape index (κ2) is 7.74. The molecule has 0 aromatic heterocycles. The van der Waals surface area contributed by atoms with E-state index < -0.39 is 5.60 Å². The summed E-state index contributed by atoms with van der Waals surface area (Å²) in [6, 6.07) is 9.33. The molecular formula is C24H26F2N2O2. The molecule has 0 N–H and O–H groups in total. The van der Waals surface area contributed by atoms with Gasteiger partial charge in [0.2, 0.25) is 0 Å². The number of nitrogens with zero attached hydrogens (tertiary/aromatic N) is 2. The Hall–Kier alpha value is -2.89. The van der Waals surface area contributed by atoms with Gasteiger partial charge in [-0.2, -0.15) is 0 Å². The fourth-order valence-corrected chi connectivity index (χ4v) is 4.08. The minimum absolute atomic E-state index is 0.183. The quantitative estimate of drug-likeness (QED) is 0.590. The normalized spacial score (nSPS) is 18.5. The van der Waals surface area contributed by atoms with E-state index in [0.717, 1.165) is 22.5 Å². The number of amides is 1. The summed E-state index contributed by atoms with van der Waals surface area (Å²) >= 11 is 0. The van der Waals surface area contributed by atoms with Crippen LogP contribution < -0.4 is 4.90 Å². The molecule has 0 saturated carbocycles. The molecule has 0 radical (unpaired) electrons. The molecule has 158 valence electrons. The molecule has 2 aliphatic heterocycles. The number of anilines is 2. The number of carbonyl (C=O) groups is 1. The van der Waals surface area contributed by atoms with Gasteiger partial charge in [0.1, 0.15) is 17.2 Å². The summed E-state index contributed by atoms with van der Waals surface area (Å²) in [5.74, 6) is -0.583. The van der Waals surface area contributed by atoms with Crippen molar-refractivity contribution in [1.29, 1.82) is 0 Å². The summed E-state index contributed by atoms with van der Waals surface area (Å²) in [6.07, 6.45) is 4.85. The molecule has 6 heteroatoms. The fourth-order valence-electron chi connectivity index (χ4n) is 4.08. The molecule has 2 heterocycles. The summed E-state index contributed by atoms with van der Waals surface area (Å²) in [5.41, 5.74) is 2.92. The molecule has 2 aliphatic rings. The average Bonchev–Trinajstić information content (AvgIpc) is 2.83. The van der Waals surface area contributed by atoms with Crippen molar-refractivity contribution in [2.45, 2.75) is 45.3 Å². The summed E-state index contributed by atoms with van der Waals surface area (Å²) in [6.45, 7) is 6.40. The van der Waals surface area contributed by atoms with Gasteiger partial charge in [-0.3, -0.25) is 0 Å². The highest BCUT2D eigenvalue weighted by Crippen LogP contribution is 2.39. The number of aryl methyl sites for hydroxylation is 2. The van der Waals surface area contributed by atoms with Crippen LogP contribution in [0.1, 0.15) is 31.9 Å². The molecule has 1 atom stereocenters. The summed E-state index contributed by atoms with van der Waals surface area (Å²) < 4.78 is 33.4. The maximum Gasteiger partial charge on any atom is 0.410 e. The van der Waals surface area contributed by atoms with Crippen LogP contribution in [0.5, 0.6) is 0 Å². The largest absolute Gasteiger partial charge is 0.444 e. The molecule has 4 rings (SSSR count). The van der Waals surface area contributed by atoms with Gasteiger partial charge >= 0.3 is 6.09 Å². The topological polar surface area (TPSA) is 32.8 Å². The number of fused-ring (bicyclic) bond motifs is 2. The van der Waals surface area contributed by atoms with Crippen LogP contribution in [0.2, 0.25) is 0 Å². The lowest BCUT2D eigenvalue weighted by Crippen LogP contribution is -2.47. The highest BCUT2D eigenvalue weighted by atomic mass is 19.1. The third-order valence-electron chi connectivity index (χ3n) is 5.34. The number of carbonyl (C=O) groups excluding carboxylic acids is 1. The van der Waals surface area contributed by atoms with Crippen molar-refractivity contribution < 1.29 is 18.3 Å². The van der Waals surface area contributed by atoms with Gasteiger partial charge < -0.3 is 14.5 Å². The summed E-state index contributed by atoms with van der Waals surface area (Å²) in [5, 5.41) is 0. The van der Waals surface area contributed by atoms with Crippen molar-refractivity contribution >= 4 is 17.5 Å². The predicted octanol–water partition coefficient (Wildman–Crippen LogP) is 5.38. The molecule has 1 unspecified atom stereocenters. The molecule has 0 fully saturated rings. The Labute approximate surface area is 175 Å². The highest BCUT2D eigenvalue weighted by molar-refractivity contribution is 5.74. The highest BCUT2D eigenvalue weighted by Gasteiger charge is 2.32. The van der Waals surface area contributed by atoms with Crippen LogP contribution in [0.25, 0.3) is 0 Å². The molecule has 0 aliphatic carbocycles. The second-order valence-corrected chi connectivity index (χ2v) is 8.80. The van der Waals surface area contributed by atoms with Crippen LogP contribution in [-0.4, -0.2) is 35.7 Å². The molecule has 1 amide bonds. The first-order valence-corrected chi connectivity index (χ1v) is 10.2.